The fourth-order valence-corrected chi connectivity index (χ4v) is 8.12. The lowest BCUT2D eigenvalue weighted by Gasteiger charge is -2.41. The number of rotatable bonds is 7. The molecular weight excluding hydrogens is 709 g/mol. The molecule has 0 spiro atoms. The van der Waals surface area contributed by atoms with E-state index in [0.29, 0.717) is 23.0 Å². The highest BCUT2D eigenvalue weighted by molar-refractivity contribution is 5.78. The van der Waals surface area contributed by atoms with E-state index in [0.717, 1.165) is 61.6 Å². The van der Waals surface area contributed by atoms with Gasteiger partial charge in [0.1, 0.15) is 11.5 Å². The molecule has 1 aromatic heterocycles. The second-order valence-corrected chi connectivity index (χ2v) is 14.3. The number of para-hydroxylation sites is 1. The van der Waals surface area contributed by atoms with Gasteiger partial charge in [0.2, 0.25) is 0 Å². The van der Waals surface area contributed by atoms with E-state index >= 15 is 0 Å². The standard InChI is InChI=1S/C53H34N4O/c54-35-36-23-25-39(26-24-36)51-55-50(38-13-4-1-5-14-38)56-52(57-51)40-29-27-37(28-30-40)41-15-12-16-42(33-41)43-31-32-49-47(34-43)53(44-17-6-2-7-18-44,45-19-8-3-9-20-45)46-21-10-11-22-48(46)58-49/h1-34H. The van der Waals surface area contributed by atoms with E-state index in [1.165, 1.54) is 11.1 Å². The van der Waals surface area contributed by atoms with Gasteiger partial charge in [0.05, 0.1) is 17.0 Å². The van der Waals surface area contributed by atoms with Gasteiger partial charge in [-0.1, -0.05) is 158 Å². The minimum Gasteiger partial charge on any atom is -0.457 e. The summed E-state index contributed by atoms with van der Waals surface area (Å²) in [7, 11) is 0. The fraction of sp³-hybridized carbons (Fsp3) is 0.0189. The van der Waals surface area contributed by atoms with Crippen molar-refractivity contribution in [1.29, 1.82) is 5.26 Å². The highest BCUT2D eigenvalue weighted by Crippen LogP contribution is 2.55. The minimum atomic E-state index is -0.592. The SMILES string of the molecule is N#Cc1ccc(-c2nc(-c3ccccc3)nc(-c3ccc(-c4cccc(-c5ccc6c(c5)C(c5ccccc5)(c5ccccc5)c5ccccc5O6)c4)cc3)n2)cc1. The predicted molar refractivity (Wildman–Crippen MR) is 230 cm³/mol. The molecule has 2 heterocycles. The Bertz CT molecular complexity index is 2920. The Hall–Kier alpha value is -7.94. The molecule has 272 valence electrons. The summed E-state index contributed by atoms with van der Waals surface area (Å²) >= 11 is 0. The lowest BCUT2D eigenvalue weighted by molar-refractivity contribution is 0.434. The first kappa shape index (κ1) is 34.5. The number of aromatic nitrogens is 3. The molecule has 9 aromatic rings. The molecule has 0 atom stereocenters. The summed E-state index contributed by atoms with van der Waals surface area (Å²) in [5.74, 6) is 3.42. The summed E-state index contributed by atoms with van der Waals surface area (Å²) in [5.41, 5.74) is 11.5. The molecule has 0 unspecified atom stereocenters. The average molecular weight is 743 g/mol. The predicted octanol–water partition coefficient (Wildman–Crippen LogP) is 12.6. The van der Waals surface area contributed by atoms with Crippen LogP contribution in [0.2, 0.25) is 0 Å². The lowest BCUT2D eigenvalue weighted by Crippen LogP contribution is -2.34. The van der Waals surface area contributed by atoms with Crippen LogP contribution < -0.4 is 4.74 Å². The third-order valence-electron chi connectivity index (χ3n) is 10.9. The number of ether oxygens (including phenoxy) is 1. The van der Waals surface area contributed by atoms with E-state index < -0.39 is 5.41 Å². The number of nitriles is 1. The summed E-state index contributed by atoms with van der Waals surface area (Å²) < 4.78 is 6.66. The number of nitrogens with zero attached hydrogens (tertiary/aromatic N) is 4. The van der Waals surface area contributed by atoms with Crippen LogP contribution >= 0.6 is 0 Å². The van der Waals surface area contributed by atoms with Crippen molar-refractivity contribution in [2.24, 2.45) is 0 Å². The normalized spacial score (nSPS) is 12.4. The van der Waals surface area contributed by atoms with Gasteiger partial charge in [-0.25, -0.2) is 15.0 Å². The summed E-state index contributed by atoms with van der Waals surface area (Å²) in [6.45, 7) is 0. The Balaban J connectivity index is 1.04. The zero-order chi connectivity index (χ0) is 38.9. The van der Waals surface area contributed by atoms with E-state index in [1.54, 1.807) is 12.1 Å². The smallest absolute Gasteiger partial charge is 0.164 e. The van der Waals surface area contributed by atoms with E-state index in [-0.39, 0.29) is 0 Å². The maximum Gasteiger partial charge on any atom is 0.164 e. The molecule has 5 heteroatoms. The number of hydrogen-bond acceptors (Lipinski definition) is 5. The summed E-state index contributed by atoms with van der Waals surface area (Å²) in [5, 5.41) is 9.34. The highest BCUT2D eigenvalue weighted by atomic mass is 16.5. The number of benzene rings is 8. The van der Waals surface area contributed by atoms with Crippen molar-refractivity contribution < 1.29 is 4.74 Å². The maximum atomic E-state index is 9.34. The van der Waals surface area contributed by atoms with Gasteiger partial charge in [-0.15, -0.1) is 0 Å². The second kappa shape index (κ2) is 14.6. The molecule has 0 saturated heterocycles. The number of hydrogen-bond donors (Lipinski definition) is 0. The van der Waals surface area contributed by atoms with Gasteiger partial charge in [-0.2, -0.15) is 5.26 Å². The maximum absolute atomic E-state index is 9.34. The van der Waals surface area contributed by atoms with Crippen LogP contribution in [-0.2, 0) is 5.41 Å². The Morgan fingerprint density at radius 2 is 0.793 bits per heavy atom. The molecule has 0 aliphatic carbocycles. The van der Waals surface area contributed by atoms with Crippen molar-refractivity contribution in [3.63, 3.8) is 0 Å². The van der Waals surface area contributed by atoms with Crippen LogP contribution in [0.1, 0.15) is 27.8 Å². The molecular formula is C53H34N4O. The zero-order valence-electron chi connectivity index (χ0n) is 31.3. The molecule has 10 rings (SSSR count). The molecule has 0 bridgehead atoms. The minimum absolute atomic E-state index is 0.549. The summed E-state index contributed by atoms with van der Waals surface area (Å²) in [6.07, 6.45) is 0. The second-order valence-electron chi connectivity index (χ2n) is 14.3. The van der Waals surface area contributed by atoms with Gasteiger partial charge in [-0.05, 0) is 81.9 Å². The zero-order valence-corrected chi connectivity index (χ0v) is 31.3. The van der Waals surface area contributed by atoms with Crippen LogP contribution in [-0.4, -0.2) is 15.0 Å². The van der Waals surface area contributed by atoms with Crippen molar-refractivity contribution in [3.05, 3.63) is 234 Å². The Morgan fingerprint density at radius 1 is 0.362 bits per heavy atom. The molecule has 58 heavy (non-hydrogen) atoms. The van der Waals surface area contributed by atoms with E-state index in [2.05, 4.69) is 152 Å². The van der Waals surface area contributed by atoms with Gasteiger partial charge in [-0.3, -0.25) is 0 Å². The monoisotopic (exact) mass is 742 g/mol. The summed E-state index contributed by atoms with van der Waals surface area (Å²) in [4.78, 5) is 14.6. The molecule has 8 aromatic carbocycles. The van der Waals surface area contributed by atoms with Gasteiger partial charge >= 0.3 is 0 Å². The molecule has 0 saturated carbocycles. The Morgan fingerprint density at radius 3 is 1.40 bits per heavy atom. The van der Waals surface area contributed by atoms with Gasteiger partial charge in [0.25, 0.3) is 0 Å². The van der Waals surface area contributed by atoms with Crippen LogP contribution in [0.4, 0.5) is 0 Å². The van der Waals surface area contributed by atoms with Gasteiger partial charge < -0.3 is 4.74 Å². The molecule has 1 aliphatic heterocycles. The third kappa shape index (κ3) is 6.10. The van der Waals surface area contributed by atoms with E-state index in [4.69, 9.17) is 19.7 Å². The molecule has 0 radical (unpaired) electrons. The first-order valence-electron chi connectivity index (χ1n) is 19.2. The van der Waals surface area contributed by atoms with E-state index in [9.17, 15) is 5.26 Å². The summed E-state index contributed by atoms with van der Waals surface area (Å²) in [6, 6.07) is 73.0. The fourth-order valence-electron chi connectivity index (χ4n) is 8.12. The topological polar surface area (TPSA) is 71.7 Å². The molecule has 0 amide bonds. The average Bonchev–Trinajstić information content (AvgIpc) is 3.31. The molecule has 0 N–H and O–H groups in total. The van der Waals surface area contributed by atoms with E-state index in [1.807, 2.05) is 48.5 Å². The van der Waals surface area contributed by atoms with Gasteiger partial charge in [0, 0.05) is 27.8 Å². The van der Waals surface area contributed by atoms with Gasteiger partial charge in [0.15, 0.2) is 17.5 Å². The highest BCUT2D eigenvalue weighted by Gasteiger charge is 2.45. The Labute approximate surface area is 337 Å². The quantitative estimate of drug-likeness (QED) is 0.163. The van der Waals surface area contributed by atoms with Crippen molar-refractivity contribution in [3.8, 4) is 74.0 Å². The first-order valence-corrected chi connectivity index (χ1v) is 19.2. The number of fused-ring (bicyclic) bond motifs is 2. The molecule has 0 fully saturated rings. The van der Waals surface area contributed by atoms with Crippen LogP contribution in [0.25, 0.3) is 56.4 Å². The van der Waals surface area contributed by atoms with Crippen LogP contribution in [0.5, 0.6) is 11.5 Å². The van der Waals surface area contributed by atoms with Crippen molar-refractivity contribution in [1.82, 2.24) is 15.0 Å². The van der Waals surface area contributed by atoms with Crippen LogP contribution in [0.3, 0.4) is 0 Å². The molecule has 5 nitrogen and oxygen atoms in total. The van der Waals surface area contributed by atoms with Crippen molar-refractivity contribution in [2.45, 2.75) is 5.41 Å². The van der Waals surface area contributed by atoms with Crippen molar-refractivity contribution in [2.75, 3.05) is 0 Å². The lowest BCUT2D eigenvalue weighted by atomic mass is 9.63. The first-order chi connectivity index (χ1) is 28.7. The molecule has 1 aliphatic rings. The van der Waals surface area contributed by atoms with Crippen LogP contribution in [0.15, 0.2) is 206 Å². The van der Waals surface area contributed by atoms with Crippen molar-refractivity contribution >= 4 is 0 Å². The third-order valence-corrected chi connectivity index (χ3v) is 10.9. The van der Waals surface area contributed by atoms with Crippen LogP contribution in [0, 0.1) is 11.3 Å². The Kier molecular flexibility index (Phi) is 8.70. The largest absolute Gasteiger partial charge is 0.457 e.